The monoisotopic (exact) mass is 369 g/mol. The minimum atomic E-state index is -0.605. The molecular formula is C19H19N3O5. The molecule has 140 valence electrons. The quantitative estimate of drug-likeness (QED) is 0.859. The van der Waals surface area contributed by atoms with Gasteiger partial charge in [-0.3, -0.25) is 14.4 Å². The lowest BCUT2D eigenvalue weighted by atomic mass is 9.82. The fraction of sp³-hybridized carbons (Fsp3) is 0.368. The molecule has 0 radical (unpaired) electrons. The summed E-state index contributed by atoms with van der Waals surface area (Å²) >= 11 is 0. The van der Waals surface area contributed by atoms with Crippen molar-refractivity contribution in [3.05, 3.63) is 51.9 Å². The number of likely N-dealkylation sites (tertiary alicyclic amines) is 1. The standard InChI is InChI=1S/C19H19N3O5/c1-26-12-2-3-13-15(23)11-19(27-16(13)10-12)6-8-22(9-7-19)18(25)14-4-5-17(24)21-20-14/h2-5,10H,6-9,11H2,1H3,(H,21,24). The van der Waals surface area contributed by atoms with E-state index in [-0.39, 0.29) is 22.9 Å². The first-order valence-electron chi connectivity index (χ1n) is 8.75. The number of ketones is 1. The van der Waals surface area contributed by atoms with E-state index >= 15 is 0 Å². The molecule has 1 spiro atoms. The number of nitrogens with zero attached hydrogens (tertiary/aromatic N) is 2. The summed E-state index contributed by atoms with van der Waals surface area (Å²) in [6.45, 7) is 0.901. The number of carbonyl (C=O) groups is 2. The molecule has 0 saturated carbocycles. The van der Waals surface area contributed by atoms with Crippen molar-refractivity contribution >= 4 is 11.7 Å². The molecule has 2 aliphatic rings. The van der Waals surface area contributed by atoms with E-state index in [4.69, 9.17) is 9.47 Å². The molecule has 4 rings (SSSR count). The van der Waals surface area contributed by atoms with Gasteiger partial charge in [-0.1, -0.05) is 0 Å². The van der Waals surface area contributed by atoms with Crippen LogP contribution in [0, 0.1) is 0 Å². The van der Waals surface area contributed by atoms with Crippen molar-refractivity contribution < 1.29 is 19.1 Å². The molecule has 2 aromatic rings. The van der Waals surface area contributed by atoms with Crippen molar-refractivity contribution in [3.8, 4) is 11.5 Å². The second-order valence-corrected chi connectivity index (χ2v) is 6.85. The number of carbonyl (C=O) groups excluding carboxylic acids is 2. The van der Waals surface area contributed by atoms with Gasteiger partial charge < -0.3 is 14.4 Å². The highest BCUT2D eigenvalue weighted by molar-refractivity contribution is 6.00. The van der Waals surface area contributed by atoms with Crippen molar-refractivity contribution in [1.29, 1.82) is 0 Å². The average Bonchev–Trinajstić information content (AvgIpc) is 2.68. The highest BCUT2D eigenvalue weighted by Crippen LogP contribution is 2.40. The number of ether oxygens (including phenoxy) is 2. The topological polar surface area (TPSA) is 102 Å². The number of Topliss-reactive ketones (excluding diaryl/α,β-unsaturated/α-hetero) is 1. The van der Waals surface area contributed by atoms with Gasteiger partial charge in [0.1, 0.15) is 22.8 Å². The Morgan fingerprint density at radius 2 is 2.00 bits per heavy atom. The number of fused-ring (bicyclic) bond motifs is 1. The number of methoxy groups -OCH3 is 1. The van der Waals surface area contributed by atoms with Gasteiger partial charge in [0.2, 0.25) is 0 Å². The maximum absolute atomic E-state index is 12.6. The number of benzene rings is 1. The molecule has 0 unspecified atom stereocenters. The maximum Gasteiger partial charge on any atom is 0.274 e. The van der Waals surface area contributed by atoms with Crippen LogP contribution in [0.25, 0.3) is 0 Å². The molecule has 1 aromatic heterocycles. The summed E-state index contributed by atoms with van der Waals surface area (Å²) in [6, 6.07) is 7.89. The third-order valence-electron chi connectivity index (χ3n) is 5.16. The van der Waals surface area contributed by atoms with Gasteiger partial charge in [-0.15, -0.1) is 0 Å². The summed E-state index contributed by atoms with van der Waals surface area (Å²) in [5.41, 5.74) is -0.197. The van der Waals surface area contributed by atoms with Gasteiger partial charge in [-0.25, -0.2) is 5.10 Å². The van der Waals surface area contributed by atoms with Crippen LogP contribution in [0.5, 0.6) is 11.5 Å². The number of piperidine rings is 1. The Morgan fingerprint density at radius 3 is 2.67 bits per heavy atom. The van der Waals surface area contributed by atoms with E-state index in [9.17, 15) is 14.4 Å². The molecule has 0 bridgehead atoms. The molecule has 8 nitrogen and oxygen atoms in total. The number of hydrogen-bond donors (Lipinski definition) is 1. The Kier molecular flexibility index (Phi) is 4.18. The summed E-state index contributed by atoms with van der Waals surface area (Å²) in [4.78, 5) is 37.9. The smallest absolute Gasteiger partial charge is 0.274 e. The number of aromatic nitrogens is 2. The lowest BCUT2D eigenvalue weighted by Crippen LogP contribution is -2.52. The Balaban J connectivity index is 1.49. The van der Waals surface area contributed by atoms with Crippen LogP contribution in [0.15, 0.2) is 35.1 Å². The summed E-state index contributed by atoms with van der Waals surface area (Å²) in [6.07, 6.45) is 1.39. The van der Waals surface area contributed by atoms with E-state index in [1.165, 1.54) is 12.1 Å². The molecule has 27 heavy (non-hydrogen) atoms. The van der Waals surface area contributed by atoms with Crippen LogP contribution in [0.1, 0.15) is 40.1 Å². The number of H-pyrrole nitrogens is 1. The fourth-order valence-corrected chi connectivity index (χ4v) is 3.62. The number of nitrogens with one attached hydrogen (secondary N) is 1. The molecule has 3 heterocycles. The summed E-state index contributed by atoms with van der Waals surface area (Å²) < 4.78 is 11.4. The number of aromatic amines is 1. The summed E-state index contributed by atoms with van der Waals surface area (Å²) in [5.74, 6) is 0.967. The number of hydrogen-bond acceptors (Lipinski definition) is 6. The first kappa shape index (κ1) is 17.3. The molecule has 2 aliphatic heterocycles. The lowest BCUT2D eigenvalue weighted by Gasteiger charge is -2.43. The van der Waals surface area contributed by atoms with Gasteiger partial charge in [0.25, 0.3) is 11.5 Å². The Bertz CT molecular complexity index is 940. The zero-order valence-corrected chi connectivity index (χ0v) is 14.9. The zero-order chi connectivity index (χ0) is 19.0. The van der Waals surface area contributed by atoms with Crippen molar-refractivity contribution in [2.75, 3.05) is 20.2 Å². The van der Waals surface area contributed by atoms with Crippen molar-refractivity contribution in [2.45, 2.75) is 24.9 Å². The van der Waals surface area contributed by atoms with Crippen LogP contribution in [0.2, 0.25) is 0 Å². The van der Waals surface area contributed by atoms with Crippen LogP contribution in [0.4, 0.5) is 0 Å². The lowest BCUT2D eigenvalue weighted by molar-refractivity contribution is -0.00597. The van der Waals surface area contributed by atoms with Crippen molar-refractivity contribution in [3.63, 3.8) is 0 Å². The average molecular weight is 369 g/mol. The van der Waals surface area contributed by atoms with Gasteiger partial charge in [0.15, 0.2) is 5.78 Å². The largest absolute Gasteiger partial charge is 0.497 e. The van der Waals surface area contributed by atoms with E-state index in [1.54, 1.807) is 30.2 Å². The van der Waals surface area contributed by atoms with E-state index in [2.05, 4.69) is 10.2 Å². The zero-order valence-electron chi connectivity index (χ0n) is 14.9. The van der Waals surface area contributed by atoms with Crippen molar-refractivity contribution in [1.82, 2.24) is 15.1 Å². The Labute approximate surface area is 155 Å². The maximum atomic E-state index is 12.6. The van der Waals surface area contributed by atoms with Crippen LogP contribution in [-0.4, -0.2) is 52.6 Å². The minimum Gasteiger partial charge on any atom is -0.497 e. The molecule has 1 aromatic carbocycles. The van der Waals surface area contributed by atoms with Gasteiger partial charge >= 0.3 is 0 Å². The van der Waals surface area contributed by atoms with E-state index in [1.807, 2.05) is 0 Å². The number of amides is 1. The predicted molar refractivity (Wildman–Crippen MR) is 95.3 cm³/mol. The SMILES string of the molecule is COc1ccc2c(c1)OC1(CCN(C(=O)c3ccc(=O)[nH]n3)CC1)CC2=O. The third-order valence-corrected chi connectivity index (χ3v) is 5.16. The van der Waals surface area contributed by atoms with Crippen LogP contribution in [-0.2, 0) is 0 Å². The molecule has 1 N–H and O–H groups in total. The minimum absolute atomic E-state index is 0.0426. The molecular weight excluding hydrogens is 350 g/mol. The van der Waals surface area contributed by atoms with Gasteiger partial charge in [0.05, 0.1) is 19.1 Å². The first-order valence-corrected chi connectivity index (χ1v) is 8.75. The highest BCUT2D eigenvalue weighted by Gasteiger charge is 2.44. The van der Waals surface area contributed by atoms with E-state index in [0.717, 1.165) is 0 Å². The second kappa shape index (κ2) is 6.53. The van der Waals surface area contributed by atoms with Crippen LogP contribution < -0.4 is 15.0 Å². The molecule has 1 saturated heterocycles. The highest BCUT2D eigenvalue weighted by atomic mass is 16.5. The summed E-state index contributed by atoms with van der Waals surface area (Å²) in [7, 11) is 1.57. The Morgan fingerprint density at radius 1 is 1.22 bits per heavy atom. The number of rotatable bonds is 2. The Hall–Kier alpha value is -3.16. The molecule has 0 aliphatic carbocycles. The van der Waals surface area contributed by atoms with E-state index in [0.29, 0.717) is 49.4 Å². The van der Waals surface area contributed by atoms with Gasteiger partial charge in [0, 0.05) is 38.1 Å². The fourth-order valence-electron chi connectivity index (χ4n) is 3.62. The van der Waals surface area contributed by atoms with Crippen LogP contribution >= 0.6 is 0 Å². The molecule has 1 amide bonds. The molecule has 8 heteroatoms. The molecule has 1 fully saturated rings. The summed E-state index contributed by atoms with van der Waals surface area (Å²) in [5, 5.41) is 6.06. The second-order valence-electron chi connectivity index (χ2n) is 6.85. The first-order chi connectivity index (χ1) is 13.0. The molecule has 0 atom stereocenters. The third kappa shape index (κ3) is 3.18. The van der Waals surface area contributed by atoms with Crippen LogP contribution in [0.3, 0.4) is 0 Å². The van der Waals surface area contributed by atoms with Crippen molar-refractivity contribution in [2.24, 2.45) is 0 Å². The normalized spacial score (nSPS) is 18.0. The predicted octanol–water partition coefficient (Wildman–Crippen LogP) is 1.42. The van der Waals surface area contributed by atoms with Gasteiger partial charge in [-0.2, -0.15) is 5.10 Å². The van der Waals surface area contributed by atoms with Gasteiger partial charge in [-0.05, 0) is 18.2 Å². The van der Waals surface area contributed by atoms with E-state index < -0.39 is 5.60 Å².